The number of halogens is 3. The maximum atomic E-state index is 12.3. The fourth-order valence-electron chi connectivity index (χ4n) is 1.60. The number of benzene rings is 1. The minimum absolute atomic E-state index is 0.258. The van der Waals surface area contributed by atoms with Gasteiger partial charge in [-0.2, -0.15) is 0 Å². The van der Waals surface area contributed by atoms with Gasteiger partial charge in [-0.15, -0.1) is 24.5 Å². The first-order chi connectivity index (χ1) is 8.87. The van der Waals surface area contributed by atoms with E-state index in [-0.39, 0.29) is 11.3 Å². The molecule has 0 saturated carbocycles. The quantitative estimate of drug-likeness (QED) is 0.941. The van der Waals surface area contributed by atoms with Crippen LogP contribution in [0.2, 0.25) is 0 Å². The summed E-state index contributed by atoms with van der Waals surface area (Å²) in [4.78, 5) is 5.03. The Labute approximate surface area is 111 Å². The maximum Gasteiger partial charge on any atom is 0.573 e. The van der Waals surface area contributed by atoms with Crippen LogP contribution in [0.3, 0.4) is 0 Å². The molecule has 7 heteroatoms. The molecule has 1 aromatic carbocycles. The highest BCUT2D eigenvalue weighted by atomic mass is 32.1. The number of alkyl halides is 3. The summed E-state index contributed by atoms with van der Waals surface area (Å²) < 4.78 is 40.9. The van der Waals surface area contributed by atoms with E-state index < -0.39 is 12.4 Å². The Bertz CT molecular complexity index is 568. The summed E-state index contributed by atoms with van der Waals surface area (Å²) in [6.45, 7) is 1.85. The van der Waals surface area contributed by atoms with Crippen molar-refractivity contribution in [3.8, 4) is 5.75 Å². The van der Waals surface area contributed by atoms with E-state index in [1.54, 1.807) is 12.3 Å². The molecule has 1 unspecified atom stereocenters. The molecule has 0 aliphatic rings. The SMILES string of the molecule is Cc1cnc(C(N)c2ccccc2OC(F)(F)F)s1. The average Bonchev–Trinajstić information content (AvgIpc) is 2.74. The summed E-state index contributed by atoms with van der Waals surface area (Å²) in [6.07, 6.45) is -3.11. The normalized spacial score (nSPS) is 13.3. The highest BCUT2D eigenvalue weighted by molar-refractivity contribution is 7.11. The van der Waals surface area contributed by atoms with Crippen LogP contribution in [0.1, 0.15) is 21.5 Å². The second kappa shape index (κ2) is 5.18. The van der Waals surface area contributed by atoms with Crippen molar-refractivity contribution in [2.45, 2.75) is 19.3 Å². The van der Waals surface area contributed by atoms with Gasteiger partial charge in [0.05, 0.1) is 6.04 Å². The molecule has 0 aliphatic heterocycles. The fourth-order valence-corrected chi connectivity index (χ4v) is 2.40. The van der Waals surface area contributed by atoms with Crippen molar-refractivity contribution < 1.29 is 17.9 Å². The van der Waals surface area contributed by atoms with Gasteiger partial charge in [0.1, 0.15) is 10.8 Å². The zero-order chi connectivity index (χ0) is 14.0. The lowest BCUT2D eigenvalue weighted by Crippen LogP contribution is -2.20. The van der Waals surface area contributed by atoms with Gasteiger partial charge in [0, 0.05) is 16.6 Å². The number of thiazole rings is 1. The molecule has 2 rings (SSSR count). The van der Waals surface area contributed by atoms with Gasteiger partial charge in [-0.25, -0.2) is 4.98 Å². The van der Waals surface area contributed by atoms with E-state index in [0.717, 1.165) is 4.88 Å². The lowest BCUT2D eigenvalue weighted by molar-refractivity contribution is -0.274. The Hall–Kier alpha value is -1.60. The maximum absolute atomic E-state index is 12.3. The lowest BCUT2D eigenvalue weighted by atomic mass is 10.1. The predicted octanol–water partition coefficient (Wildman–Crippen LogP) is 3.40. The first kappa shape index (κ1) is 13.8. The molecule has 0 radical (unpaired) electrons. The highest BCUT2D eigenvalue weighted by Gasteiger charge is 2.33. The largest absolute Gasteiger partial charge is 0.573 e. The molecule has 102 valence electrons. The zero-order valence-electron chi connectivity index (χ0n) is 9.94. The molecule has 0 bridgehead atoms. The van der Waals surface area contributed by atoms with Crippen LogP contribution in [0.5, 0.6) is 5.75 Å². The third-order valence-electron chi connectivity index (χ3n) is 2.38. The van der Waals surface area contributed by atoms with Gasteiger partial charge in [0.15, 0.2) is 0 Å². The van der Waals surface area contributed by atoms with Crippen molar-refractivity contribution in [1.29, 1.82) is 0 Å². The molecule has 1 aromatic heterocycles. The molecule has 2 N–H and O–H groups in total. The topological polar surface area (TPSA) is 48.1 Å². The van der Waals surface area contributed by atoms with Crippen LogP contribution in [0.15, 0.2) is 30.5 Å². The van der Waals surface area contributed by atoms with E-state index in [0.29, 0.717) is 5.01 Å². The fraction of sp³-hybridized carbons (Fsp3) is 0.250. The molecule has 0 amide bonds. The lowest BCUT2D eigenvalue weighted by Gasteiger charge is -2.16. The zero-order valence-corrected chi connectivity index (χ0v) is 10.8. The number of para-hydroxylation sites is 1. The summed E-state index contributed by atoms with van der Waals surface area (Å²) in [5, 5.41) is 0.552. The van der Waals surface area contributed by atoms with Gasteiger partial charge in [-0.3, -0.25) is 0 Å². The summed E-state index contributed by atoms with van der Waals surface area (Å²) in [6, 6.07) is 5.08. The van der Waals surface area contributed by atoms with Gasteiger partial charge in [0.2, 0.25) is 0 Å². The predicted molar refractivity (Wildman–Crippen MR) is 66.0 cm³/mol. The second-order valence-corrected chi connectivity index (χ2v) is 5.14. The van der Waals surface area contributed by atoms with Crippen molar-refractivity contribution in [3.63, 3.8) is 0 Å². The van der Waals surface area contributed by atoms with Gasteiger partial charge < -0.3 is 10.5 Å². The van der Waals surface area contributed by atoms with E-state index in [2.05, 4.69) is 9.72 Å². The Morgan fingerprint density at radius 3 is 2.58 bits per heavy atom. The molecule has 0 fully saturated rings. The van der Waals surface area contributed by atoms with Crippen LogP contribution < -0.4 is 10.5 Å². The number of aromatic nitrogens is 1. The molecule has 0 spiro atoms. The monoisotopic (exact) mass is 288 g/mol. The Kier molecular flexibility index (Phi) is 3.77. The molecule has 1 atom stereocenters. The Balaban J connectivity index is 2.34. The van der Waals surface area contributed by atoms with Gasteiger partial charge in [-0.1, -0.05) is 18.2 Å². The number of ether oxygens (including phenoxy) is 1. The van der Waals surface area contributed by atoms with Crippen molar-refractivity contribution in [2.24, 2.45) is 5.73 Å². The minimum Gasteiger partial charge on any atom is -0.405 e. The molecule has 0 aliphatic carbocycles. The average molecular weight is 288 g/mol. The van der Waals surface area contributed by atoms with Crippen molar-refractivity contribution in [3.05, 3.63) is 45.9 Å². The summed E-state index contributed by atoms with van der Waals surface area (Å²) in [5.41, 5.74) is 6.21. The first-order valence-electron chi connectivity index (χ1n) is 5.39. The minimum atomic E-state index is -4.74. The number of hydrogen-bond donors (Lipinski definition) is 1. The molecule has 1 heterocycles. The second-order valence-electron chi connectivity index (χ2n) is 3.87. The first-order valence-corrected chi connectivity index (χ1v) is 6.21. The van der Waals surface area contributed by atoms with E-state index in [9.17, 15) is 13.2 Å². The van der Waals surface area contributed by atoms with E-state index >= 15 is 0 Å². The van der Waals surface area contributed by atoms with Gasteiger partial charge in [0.25, 0.3) is 0 Å². The summed E-state index contributed by atoms with van der Waals surface area (Å²) >= 11 is 1.34. The van der Waals surface area contributed by atoms with E-state index in [1.165, 1.54) is 29.5 Å². The smallest absolute Gasteiger partial charge is 0.405 e. The number of nitrogens with zero attached hydrogens (tertiary/aromatic N) is 1. The van der Waals surface area contributed by atoms with Crippen LogP contribution in [0.25, 0.3) is 0 Å². The van der Waals surface area contributed by atoms with E-state index in [1.807, 2.05) is 6.92 Å². The van der Waals surface area contributed by atoms with Crippen LogP contribution in [0, 0.1) is 6.92 Å². The summed E-state index contributed by atoms with van der Waals surface area (Å²) in [5.74, 6) is -0.296. The molecule has 19 heavy (non-hydrogen) atoms. The Morgan fingerprint density at radius 1 is 1.32 bits per heavy atom. The molecular formula is C12H11F3N2OS. The van der Waals surface area contributed by atoms with Crippen molar-refractivity contribution in [2.75, 3.05) is 0 Å². The number of rotatable bonds is 3. The molecular weight excluding hydrogens is 277 g/mol. The van der Waals surface area contributed by atoms with Crippen LogP contribution in [-0.2, 0) is 0 Å². The van der Waals surface area contributed by atoms with Crippen molar-refractivity contribution >= 4 is 11.3 Å². The summed E-state index contributed by atoms with van der Waals surface area (Å²) in [7, 11) is 0. The number of hydrogen-bond acceptors (Lipinski definition) is 4. The van der Waals surface area contributed by atoms with E-state index in [4.69, 9.17) is 5.73 Å². The van der Waals surface area contributed by atoms with Gasteiger partial charge in [-0.05, 0) is 13.0 Å². The number of aryl methyl sites for hydroxylation is 1. The highest BCUT2D eigenvalue weighted by Crippen LogP contribution is 2.33. The van der Waals surface area contributed by atoms with Gasteiger partial charge >= 0.3 is 6.36 Å². The van der Waals surface area contributed by atoms with Crippen LogP contribution in [-0.4, -0.2) is 11.3 Å². The molecule has 0 saturated heterocycles. The third-order valence-corrected chi connectivity index (χ3v) is 3.38. The Morgan fingerprint density at radius 2 is 2.00 bits per heavy atom. The van der Waals surface area contributed by atoms with Crippen molar-refractivity contribution in [1.82, 2.24) is 4.98 Å². The standard InChI is InChI=1S/C12H11F3N2OS/c1-7-6-17-11(19-7)10(16)8-4-2-3-5-9(8)18-12(13,14)15/h2-6,10H,16H2,1H3. The van der Waals surface area contributed by atoms with Crippen LogP contribution in [0.4, 0.5) is 13.2 Å². The molecule has 3 nitrogen and oxygen atoms in total. The third kappa shape index (κ3) is 3.45. The van der Waals surface area contributed by atoms with Crippen LogP contribution >= 0.6 is 11.3 Å². The number of nitrogens with two attached hydrogens (primary N) is 1. The molecule has 2 aromatic rings.